The van der Waals surface area contributed by atoms with Crippen LogP contribution in [0.3, 0.4) is 0 Å². The van der Waals surface area contributed by atoms with Gasteiger partial charge < -0.3 is 20.3 Å². The Morgan fingerprint density at radius 1 is 1.38 bits per heavy atom. The van der Waals surface area contributed by atoms with Crippen molar-refractivity contribution in [2.75, 3.05) is 6.54 Å². The largest absolute Gasteiger partial charge is 0.481 e. The van der Waals surface area contributed by atoms with Gasteiger partial charge in [0.15, 0.2) is 12.2 Å². The van der Waals surface area contributed by atoms with Gasteiger partial charge in [0.2, 0.25) is 0 Å². The second kappa shape index (κ2) is 7.87. The van der Waals surface area contributed by atoms with Crippen LogP contribution in [0.4, 0.5) is 0 Å². The Morgan fingerprint density at radius 2 is 2.00 bits per heavy atom. The van der Waals surface area contributed by atoms with Crippen LogP contribution >= 0.6 is 0 Å². The van der Waals surface area contributed by atoms with E-state index in [1.165, 1.54) is 0 Å². The molecular formula is C14H16N2O5. The molecule has 0 aromatic heterocycles. The lowest BCUT2D eigenvalue weighted by molar-refractivity contribution is -0.147. The van der Waals surface area contributed by atoms with Crippen LogP contribution < -0.4 is 10.1 Å². The number of ether oxygens (including phenoxy) is 1. The third-order valence-corrected chi connectivity index (χ3v) is 2.67. The van der Waals surface area contributed by atoms with Crippen LogP contribution in [0.1, 0.15) is 18.9 Å². The predicted molar refractivity (Wildman–Crippen MR) is 72.5 cm³/mol. The number of carboxylic acids is 1. The van der Waals surface area contributed by atoms with E-state index >= 15 is 0 Å². The molecule has 1 aromatic carbocycles. The van der Waals surface area contributed by atoms with Crippen LogP contribution in [0.25, 0.3) is 0 Å². The molecule has 21 heavy (non-hydrogen) atoms. The number of carbonyl (C=O) groups is 2. The fourth-order valence-corrected chi connectivity index (χ4v) is 1.46. The van der Waals surface area contributed by atoms with Crippen molar-refractivity contribution in [2.24, 2.45) is 0 Å². The van der Waals surface area contributed by atoms with E-state index in [9.17, 15) is 9.59 Å². The normalized spacial score (nSPS) is 12.8. The van der Waals surface area contributed by atoms with Crippen LogP contribution in [0.5, 0.6) is 5.75 Å². The highest BCUT2D eigenvalue weighted by Crippen LogP contribution is 2.13. The van der Waals surface area contributed by atoms with Gasteiger partial charge in [-0.25, -0.2) is 4.79 Å². The molecule has 3 N–H and O–H groups in total. The van der Waals surface area contributed by atoms with Gasteiger partial charge in [-0.15, -0.1) is 0 Å². The van der Waals surface area contributed by atoms with Gasteiger partial charge in [-0.1, -0.05) is 0 Å². The average Bonchev–Trinajstić information content (AvgIpc) is 2.47. The van der Waals surface area contributed by atoms with Crippen molar-refractivity contribution >= 4 is 11.9 Å². The van der Waals surface area contributed by atoms with Gasteiger partial charge in [0, 0.05) is 13.0 Å². The highest BCUT2D eigenvalue weighted by molar-refractivity contribution is 5.80. The molecule has 0 saturated heterocycles. The summed E-state index contributed by atoms with van der Waals surface area (Å²) in [6.45, 7) is 1.58. The quantitative estimate of drug-likeness (QED) is 0.664. The third-order valence-electron chi connectivity index (χ3n) is 2.67. The molecule has 0 spiro atoms. The first-order valence-electron chi connectivity index (χ1n) is 6.29. The van der Waals surface area contributed by atoms with Crippen molar-refractivity contribution in [3.05, 3.63) is 29.8 Å². The summed E-state index contributed by atoms with van der Waals surface area (Å²) in [4.78, 5) is 22.1. The van der Waals surface area contributed by atoms with Crippen molar-refractivity contribution < 1.29 is 24.5 Å². The minimum absolute atomic E-state index is 0.0351. The number of aliphatic hydroxyl groups excluding tert-OH is 1. The molecule has 0 fully saturated rings. The Kier molecular flexibility index (Phi) is 6.17. The summed E-state index contributed by atoms with van der Waals surface area (Å²) in [5.74, 6) is -1.30. The molecule has 0 bridgehead atoms. The lowest BCUT2D eigenvalue weighted by atomic mass is 10.2. The van der Waals surface area contributed by atoms with Crippen molar-refractivity contribution in [1.29, 1.82) is 5.26 Å². The molecule has 2 atom stereocenters. The fourth-order valence-electron chi connectivity index (χ4n) is 1.46. The van der Waals surface area contributed by atoms with Crippen LogP contribution in [0, 0.1) is 11.3 Å². The number of nitrogens with one attached hydrogen (secondary N) is 1. The van der Waals surface area contributed by atoms with E-state index in [2.05, 4.69) is 5.32 Å². The molecule has 7 nitrogen and oxygen atoms in total. The molecule has 1 unspecified atom stereocenters. The maximum Gasteiger partial charge on any atom is 0.332 e. The first-order valence-corrected chi connectivity index (χ1v) is 6.29. The van der Waals surface area contributed by atoms with Gasteiger partial charge in [-0.05, 0) is 31.2 Å². The van der Waals surface area contributed by atoms with Crippen molar-refractivity contribution in [3.63, 3.8) is 0 Å². The monoisotopic (exact) mass is 292 g/mol. The first kappa shape index (κ1) is 16.5. The summed E-state index contributed by atoms with van der Waals surface area (Å²) in [6, 6.07) is 8.28. The van der Waals surface area contributed by atoms with Gasteiger partial charge in [0.05, 0.1) is 11.6 Å². The lowest BCUT2D eigenvalue weighted by Gasteiger charge is -2.15. The van der Waals surface area contributed by atoms with Gasteiger partial charge in [0.1, 0.15) is 5.75 Å². The van der Waals surface area contributed by atoms with E-state index in [0.717, 1.165) is 0 Å². The summed E-state index contributed by atoms with van der Waals surface area (Å²) in [5, 5.41) is 28.7. The second-order valence-electron chi connectivity index (χ2n) is 4.33. The standard InChI is InChI=1S/C14H16N2O5/c1-9(13(18)16-7-6-12(17)14(19)20)21-11-4-2-10(8-15)3-5-11/h2-5,9,12,17H,6-7H2,1H3,(H,16,18)(H,19,20)/t9?,12-/m0/s1. The summed E-state index contributed by atoms with van der Waals surface area (Å²) < 4.78 is 5.38. The van der Waals surface area contributed by atoms with E-state index < -0.39 is 24.1 Å². The molecule has 0 aliphatic carbocycles. The predicted octanol–water partition coefficient (Wildman–Crippen LogP) is 0.277. The topological polar surface area (TPSA) is 120 Å². The molecule has 0 radical (unpaired) electrons. The summed E-state index contributed by atoms with van der Waals surface area (Å²) in [6.07, 6.45) is -2.36. The Hall–Kier alpha value is -2.59. The number of nitrogens with zero attached hydrogens (tertiary/aromatic N) is 1. The zero-order chi connectivity index (χ0) is 15.8. The maximum absolute atomic E-state index is 11.7. The van der Waals surface area contributed by atoms with Gasteiger partial charge in [0.25, 0.3) is 5.91 Å². The van der Waals surface area contributed by atoms with E-state index in [4.69, 9.17) is 20.2 Å². The molecule has 0 aliphatic heterocycles. The average molecular weight is 292 g/mol. The number of aliphatic carboxylic acids is 1. The van der Waals surface area contributed by atoms with Crippen molar-refractivity contribution in [3.8, 4) is 11.8 Å². The molecular weight excluding hydrogens is 276 g/mol. The molecule has 0 aliphatic rings. The SMILES string of the molecule is CC(Oc1ccc(C#N)cc1)C(=O)NCC[C@H](O)C(=O)O. The Balaban J connectivity index is 2.40. The fraction of sp³-hybridized carbons (Fsp3) is 0.357. The van der Waals surface area contributed by atoms with E-state index in [1.54, 1.807) is 31.2 Å². The minimum atomic E-state index is -1.50. The molecule has 112 valence electrons. The second-order valence-corrected chi connectivity index (χ2v) is 4.33. The Labute approximate surface area is 121 Å². The van der Waals surface area contributed by atoms with Crippen LogP contribution in [-0.2, 0) is 9.59 Å². The molecule has 1 amide bonds. The molecule has 1 aromatic rings. The number of hydrogen-bond donors (Lipinski definition) is 3. The third kappa shape index (κ3) is 5.50. The van der Waals surface area contributed by atoms with E-state index in [-0.39, 0.29) is 13.0 Å². The lowest BCUT2D eigenvalue weighted by Crippen LogP contribution is -2.38. The number of carbonyl (C=O) groups excluding carboxylic acids is 1. The summed E-state index contributed by atoms with van der Waals surface area (Å²) >= 11 is 0. The number of aliphatic hydroxyl groups is 1. The number of carboxylic acid groups (broad SMARTS) is 1. The molecule has 0 saturated carbocycles. The van der Waals surface area contributed by atoms with E-state index in [0.29, 0.717) is 11.3 Å². The van der Waals surface area contributed by atoms with Crippen LogP contribution in [-0.4, -0.2) is 40.8 Å². The number of nitriles is 1. The number of rotatable bonds is 7. The highest BCUT2D eigenvalue weighted by atomic mass is 16.5. The smallest absolute Gasteiger partial charge is 0.332 e. The Morgan fingerprint density at radius 3 is 2.52 bits per heavy atom. The minimum Gasteiger partial charge on any atom is -0.481 e. The number of amides is 1. The first-order chi connectivity index (χ1) is 9.93. The van der Waals surface area contributed by atoms with Crippen molar-refractivity contribution in [1.82, 2.24) is 5.32 Å². The van der Waals surface area contributed by atoms with Crippen molar-refractivity contribution in [2.45, 2.75) is 25.6 Å². The molecule has 7 heteroatoms. The van der Waals surface area contributed by atoms with Crippen LogP contribution in [0.15, 0.2) is 24.3 Å². The summed E-state index contributed by atoms with van der Waals surface area (Å²) in [7, 11) is 0. The number of hydrogen-bond acceptors (Lipinski definition) is 5. The number of benzene rings is 1. The zero-order valence-electron chi connectivity index (χ0n) is 11.4. The van der Waals surface area contributed by atoms with Crippen LogP contribution in [0.2, 0.25) is 0 Å². The van der Waals surface area contributed by atoms with E-state index in [1.807, 2.05) is 6.07 Å². The zero-order valence-corrected chi connectivity index (χ0v) is 11.4. The summed E-state index contributed by atoms with van der Waals surface area (Å²) in [5.41, 5.74) is 0.488. The van der Waals surface area contributed by atoms with Gasteiger partial charge >= 0.3 is 5.97 Å². The highest BCUT2D eigenvalue weighted by Gasteiger charge is 2.16. The molecule has 1 rings (SSSR count). The Bertz CT molecular complexity index is 535. The maximum atomic E-state index is 11.7. The molecule has 0 heterocycles. The van der Waals surface area contributed by atoms with Gasteiger partial charge in [-0.2, -0.15) is 5.26 Å². The van der Waals surface area contributed by atoms with Gasteiger partial charge in [-0.3, -0.25) is 4.79 Å².